The number of carbonyl (C=O) groups excluding carboxylic acids is 1. The SMILES string of the molecule is CCn1nc(C)cc1C(=O)Nc1nc2cc(C(=O)O)cc3c2n1CCCOCCCS3. The number of nitrogens with one attached hydrogen (secondary N) is 1. The third-order valence-corrected chi connectivity index (χ3v) is 6.19. The van der Waals surface area contributed by atoms with Gasteiger partial charge in [-0.15, -0.1) is 11.8 Å². The summed E-state index contributed by atoms with van der Waals surface area (Å²) < 4.78 is 9.29. The second-order valence-corrected chi connectivity index (χ2v) is 8.48. The topological polar surface area (TPSA) is 111 Å². The molecule has 9 nitrogen and oxygen atoms in total. The van der Waals surface area contributed by atoms with Crippen LogP contribution in [0.3, 0.4) is 0 Å². The van der Waals surface area contributed by atoms with Gasteiger partial charge in [0.2, 0.25) is 5.95 Å². The van der Waals surface area contributed by atoms with E-state index in [0.29, 0.717) is 43.5 Å². The van der Waals surface area contributed by atoms with E-state index < -0.39 is 5.97 Å². The number of aryl methyl sites for hydroxylation is 3. The zero-order valence-electron chi connectivity index (χ0n) is 17.6. The Morgan fingerprint density at radius 1 is 1.26 bits per heavy atom. The molecule has 1 aromatic carbocycles. The van der Waals surface area contributed by atoms with Gasteiger partial charge in [0.15, 0.2) is 0 Å². The molecule has 0 aliphatic carbocycles. The Kier molecular flexibility index (Phi) is 6.28. The fourth-order valence-corrected chi connectivity index (χ4v) is 4.73. The predicted octanol–water partition coefficient (Wildman–Crippen LogP) is 3.41. The van der Waals surface area contributed by atoms with E-state index in [4.69, 9.17) is 4.74 Å². The molecule has 0 unspecified atom stereocenters. The molecule has 0 atom stereocenters. The van der Waals surface area contributed by atoms with Crippen LogP contribution in [0.15, 0.2) is 23.1 Å². The Hall–Kier alpha value is -2.85. The minimum Gasteiger partial charge on any atom is -0.478 e. The Bertz CT molecular complexity index is 1140. The fourth-order valence-electron chi connectivity index (χ4n) is 3.68. The molecule has 4 rings (SSSR count). The molecule has 0 bridgehead atoms. The molecule has 2 N–H and O–H groups in total. The van der Waals surface area contributed by atoms with Crippen LogP contribution in [0, 0.1) is 6.92 Å². The molecule has 10 heteroatoms. The lowest BCUT2D eigenvalue weighted by Gasteiger charge is -2.12. The summed E-state index contributed by atoms with van der Waals surface area (Å²) in [5.74, 6) is -0.101. The van der Waals surface area contributed by atoms with E-state index in [2.05, 4.69) is 15.4 Å². The van der Waals surface area contributed by atoms with Gasteiger partial charge in [0.05, 0.1) is 22.3 Å². The highest BCUT2D eigenvalue weighted by Crippen LogP contribution is 2.33. The maximum atomic E-state index is 13.0. The van der Waals surface area contributed by atoms with Gasteiger partial charge in [-0.3, -0.25) is 14.8 Å². The maximum absolute atomic E-state index is 13.0. The number of rotatable bonds is 4. The van der Waals surface area contributed by atoms with E-state index in [1.165, 1.54) is 0 Å². The number of carbonyl (C=O) groups is 2. The van der Waals surface area contributed by atoms with Crippen molar-refractivity contribution in [2.75, 3.05) is 24.3 Å². The van der Waals surface area contributed by atoms with Crippen LogP contribution in [0.1, 0.15) is 46.3 Å². The summed E-state index contributed by atoms with van der Waals surface area (Å²) in [5, 5.41) is 16.8. The number of aromatic nitrogens is 4. The summed E-state index contributed by atoms with van der Waals surface area (Å²) in [6.07, 6.45) is 1.63. The highest BCUT2D eigenvalue weighted by molar-refractivity contribution is 7.99. The number of carboxylic acids is 1. The predicted molar refractivity (Wildman–Crippen MR) is 118 cm³/mol. The minimum atomic E-state index is -1.00. The third kappa shape index (κ3) is 4.45. The van der Waals surface area contributed by atoms with Crippen LogP contribution in [-0.2, 0) is 17.8 Å². The first-order chi connectivity index (χ1) is 15.0. The van der Waals surface area contributed by atoms with Gasteiger partial charge in [0.1, 0.15) is 5.69 Å². The summed E-state index contributed by atoms with van der Waals surface area (Å²) in [5.41, 5.74) is 2.80. The first kappa shape index (κ1) is 21.4. The van der Waals surface area contributed by atoms with Gasteiger partial charge in [-0.25, -0.2) is 9.78 Å². The molecule has 1 amide bonds. The molecule has 3 heterocycles. The van der Waals surface area contributed by atoms with Gasteiger partial charge < -0.3 is 14.4 Å². The molecule has 31 heavy (non-hydrogen) atoms. The molecule has 0 radical (unpaired) electrons. The Morgan fingerprint density at radius 3 is 2.84 bits per heavy atom. The number of hydrogen-bond donors (Lipinski definition) is 2. The van der Waals surface area contributed by atoms with Crippen LogP contribution in [0.2, 0.25) is 0 Å². The van der Waals surface area contributed by atoms with Crippen molar-refractivity contribution in [2.45, 2.75) is 44.7 Å². The number of thioether (sulfide) groups is 1. The molecule has 2 aromatic heterocycles. The van der Waals surface area contributed by atoms with Crippen molar-refractivity contribution in [3.05, 3.63) is 35.2 Å². The van der Waals surface area contributed by atoms with Crippen molar-refractivity contribution < 1.29 is 19.4 Å². The lowest BCUT2D eigenvalue weighted by atomic mass is 10.2. The lowest BCUT2D eigenvalue weighted by molar-refractivity contribution is 0.0696. The largest absolute Gasteiger partial charge is 0.478 e. The average molecular weight is 444 g/mol. The van der Waals surface area contributed by atoms with Crippen LogP contribution < -0.4 is 5.32 Å². The number of imidazole rings is 1. The smallest absolute Gasteiger partial charge is 0.335 e. The average Bonchev–Trinajstić information content (AvgIpc) is 3.27. The molecule has 3 aromatic rings. The van der Waals surface area contributed by atoms with E-state index in [1.807, 2.05) is 18.4 Å². The van der Waals surface area contributed by atoms with Crippen molar-refractivity contribution in [2.24, 2.45) is 0 Å². The number of ether oxygens (including phenoxy) is 1. The van der Waals surface area contributed by atoms with E-state index in [-0.39, 0.29) is 11.5 Å². The molecule has 1 aliphatic heterocycles. The molecule has 0 saturated heterocycles. The maximum Gasteiger partial charge on any atom is 0.335 e. The number of aromatic carboxylic acids is 1. The Balaban J connectivity index is 1.79. The first-order valence-electron chi connectivity index (χ1n) is 10.3. The van der Waals surface area contributed by atoms with Gasteiger partial charge in [-0.2, -0.15) is 5.10 Å². The Morgan fingerprint density at radius 2 is 2.06 bits per heavy atom. The molecule has 164 valence electrons. The normalized spacial score (nSPS) is 14.9. The first-order valence-corrected chi connectivity index (χ1v) is 11.3. The van der Waals surface area contributed by atoms with Crippen LogP contribution in [0.5, 0.6) is 0 Å². The van der Waals surface area contributed by atoms with Crippen LogP contribution >= 0.6 is 11.8 Å². The van der Waals surface area contributed by atoms with E-state index >= 15 is 0 Å². The van der Waals surface area contributed by atoms with E-state index in [9.17, 15) is 14.7 Å². The van der Waals surface area contributed by atoms with E-state index in [0.717, 1.165) is 34.7 Å². The van der Waals surface area contributed by atoms with Gasteiger partial charge in [-0.1, -0.05) is 0 Å². The van der Waals surface area contributed by atoms with Crippen LogP contribution in [0.4, 0.5) is 5.95 Å². The monoisotopic (exact) mass is 443 g/mol. The number of benzene rings is 1. The van der Waals surface area contributed by atoms with Gasteiger partial charge in [0, 0.05) is 37.0 Å². The number of anilines is 1. The minimum absolute atomic E-state index is 0.184. The van der Waals surface area contributed by atoms with Crippen molar-refractivity contribution in [3.8, 4) is 0 Å². The molecule has 0 spiro atoms. The van der Waals surface area contributed by atoms with Gasteiger partial charge >= 0.3 is 5.97 Å². The van der Waals surface area contributed by atoms with Crippen molar-refractivity contribution in [3.63, 3.8) is 0 Å². The number of amides is 1. The second-order valence-electron chi connectivity index (χ2n) is 7.34. The molecule has 1 aliphatic rings. The number of hydrogen-bond acceptors (Lipinski definition) is 6. The third-order valence-electron chi connectivity index (χ3n) is 5.07. The number of nitrogens with zero attached hydrogens (tertiary/aromatic N) is 4. The van der Waals surface area contributed by atoms with Crippen molar-refractivity contribution >= 4 is 40.6 Å². The summed E-state index contributed by atoms with van der Waals surface area (Å²) in [7, 11) is 0. The fraction of sp³-hybridized carbons (Fsp3) is 0.429. The second kappa shape index (κ2) is 9.11. The van der Waals surface area contributed by atoms with E-state index in [1.54, 1.807) is 34.6 Å². The van der Waals surface area contributed by atoms with Crippen molar-refractivity contribution in [1.82, 2.24) is 19.3 Å². The summed E-state index contributed by atoms with van der Waals surface area (Å²) in [4.78, 5) is 30.1. The molecule has 0 fully saturated rings. The lowest BCUT2D eigenvalue weighted by Crippen LogP contribution is -2.20. The molecular weight excluding hydrogens is 418 g/mol. The number of carboxylic acid groups (broad SMARTS) is 1. The van der Waals surface area contributed by atoms with Crippen LogP contribution in [-0.4, -0.2) is 55.3 Å². The highest BCUT2D eigenvalue weighted by Gasteiger charge is 2.21. The van der Waals surface area contributed by atoms with Gasteiger partial charge in [-0.05, 0) is 44.9 Å². The summed E-state index contributed by atoms with van der Waals surface area (Å²) in [6.45, 7) is 6.23. The highest BCUT2D eigenvalue weighted by atomic mass is 32.2. The van der Waals surface area contributed by atoms with Gasteiger partial charge in [0.25, 0.3) is 5.91 Å². The van der Waals surface area contributed by atoms with Crippen molar-refractivity contribution in [1.29, 1.82) is 0 Å². The molecular formula is C21H25N5O4S. The Labute approximate surface area is 183 Å². The summed E-state index contributed by atoms with van der Waals surface area (Å²) in [6, 6.07) is 4.99. The molecule has 0 saturated carbocycles. The zero-order chi connectivity index (χ0) is 22.0. The van der Waals surface area contributed by atoms with Crippen LogP contribution in [0.25, 0.3) is 11.0 Å². The standard InChI is InChI=1S/C21H25N5O4S/c1-3-26-16(10-13(2)24-26)19(27)23-21-22-15-11-14(20(28)29)12-17-18(15)25(21)6-4-7-30-8-5-9-31-17/h10-12H,3-9H2,1-2H3,(H,28,29)(H,22,23,27). The zero-order valence-corrected chi connectivity index (χ0v) is 18.4. The summed E-state index contributed by atoms with van der Waals surface area (Å²) >= 11 is 1.59. The quantitative estimate of drug-likeness (QED) is 0.635.